The Morgan fingerprint density at radius 1 is 0.714 bits per heavy atom. The van der Waals surface area contributed by atoms with E-state index in [4.69, 9.17) is 4.74 Å². The average molecular weight is 397 g/mol. The number of unbranched alkanes of at least 4 members (excludes halogenated alkanes) is 15. The van der Waals surface area contributed by atoms with Gasteiger partial charge in [0.15, 0.2) is 0 Å². The van der Waals surface area contributed by atoms with Gasteiger partial charge in [0.2, 0.25) is 0 Å². The largest absolute Gasteiger partial charge is 0.461 e. The molecule has 0 radical (unpaired) electrons. The second kappa shape index (κ2) is 24.2. The van der Waals surface area contributed by atoms with Gasteiger partial charge in [0, 0.05) is 19.3 Å². The van der Waals surface area contributed by atoms with Crippen molar-refractivity contribution in [2.75, 3.05) is 26.4 Å². The van der Waals surface area contributed by atoms with Crippen molar-refractivity contribution in [2.45, 2.75) is 110 Å². The second-order valence-corrected chi connectivity index (χ2v) is 7.85. The standard InChI is InChI=1S/C24H48N2O2/c1-3-5-6-7-8-9-10-11-12-13-14-15-16-17-18-19-20-25-23-26-21-22-28-24(27)4-2/h4,25-26H,2-3,5-23H2,1H3. The molecule has 4 heteroatoms. The Morgan fingerprint density at radius 2 is 1.14 bits per heavy atom. The van der Waals surface area contributed by atoms with E-state index in [1.54, 1.807) is 0 Å². The van der Waals surface area contributed by atoms with Crippen LogP contribution in [0.1, 0.15) is 110 Å². The van der Waals surface area contributed by atoms with E-state index in [2.05, 4.69) is 24.1 Å². The number of hydrogen-bond donors (Lipinski definition) is 2. The van der Waals surface area contributed by atoms with Crippen LogP contribution >= 0.6 is 0 Å². The number of ether oxygens (including phenoxy) is 1. The highest BCUT2D eigenvalue weighted by Crippen LogP contribution is 2.13. The SMILES string of the molecule is C=CC(=O)OCCNCNCCCCCCCCCCCCCCCCCC. The zero-order chi connectivity index (χ0) is 20.5. The number of esters is 1. The Labute approximate surface area is 175 Å². The fourth-order valence-corrected chi connectivity index (χ4v) is 3.35. The molecule has 0 aliphatic heterocycles. The fourth-order valence-electron chi connectivity index (χ4n) is 3.35. The molecule has 0 aromatic heterocycles. The molecule has 2 N–H and O–H groups in total. The molecule has 0 aromatic carbocycles. The lowest BCUT2D eigenvalue weighted by Crippen LogP contribution is -2.32. The van der Waals surface area contributed by atoms with Gasteiger partial charge in [0.25, 0.3) is 0 Å². The molecule has 0 aliphatic rings. The smallest absolute Gasteiger partial charge is 0.330 e. The molecular weight excluding hydrogens is 348 g/mol. The van der Waals surface area contributed by atoms with Crippen molar-refractivity contribution in [1.82, 2.24) is 10.6 Å². The van der Waals surface area contributed by atoms with Crippen LogP contribution < -0.4 is 10.6 Å². The van der Waals surface area contributed by atoms with E-state index in [0.717, 1.165) is 13.2 Å². The minimum absolute atomic E-state index is 0.358. The summed E-state index contributed by atoms with van der Waals surface area (Å²) in [6.45, 7) is 8.53. The van der Waals surface area contributed by atoms with Gasteiger partial charge in [-0.3, -0.25) is 0 Å². The number of carbonyl (C=O) groups excluding carboxylic acids is 1. The van der Waals surface area contributed by atoms with Crippen LogP contribution in [0.25, 0.3) is 0 Å². The van der Waals surface area contributed by atoms with E-state index in [1.165, 1.54) is 109 Å². The van der Waals surface area contributed by atoms with Gasteiger partial charge in [-0.15, -0.1) is 0 Å². The van der Waals surface area contributed by atoms with Crippen LogP contribution in [0.15, 0.2) is 12.7 Å². The van der Waals surface area contributed by atoms with Crippen molar-refractivity contribution in [3.8, 4) is 0 Å². The molecule has 166 valence electrons. The average Bonchev–Trinajstić information content (AvgIpc) is 2.71. The third-order valence-corrected chi connectivity index (χ3v) is 5.15. The molecule has 0 aliphatic carbocycles. The summed E-state index contributed by atoms with van der Waals surface area (Å²) >= 11 is 0. The molecule has 0 fully saturated rings. The molecule has 0 saturated heterocycles. The van der Waals surface area contributed by atoms with E-state index < -0.39 is 0 Å². The van der Waals surface area contributed by atoms with Crippen LogP contribution in [0.3, 0.4) is 0 Å². The summed E-state index contributed by atoms with van der Waals surface area (Å²) in [5.41, 5.74) is 0. The maximum absolute atomic E-state index is 10.8. The Bertz CT molecular complexity index is 335. The number of nitrogens with one attached hydrogen (secondary N) is 2. The van der Waals surface area contributed by atoms with Crippen LogP contribution in [-0.2, 0) is 9.53 Å². The zero-order valence-electron chi connectivity index (χ0n) is 18.7. The summed E-state index contributed by atoms with van der Waals surface area (Å²) in [5.74, 6) is -0.358. The Hall–Kier alpha value is -0.870. The van der Waals surface area contributed by atoms with E-state index in [9.17, 15) is 4.79 Å². The molecule has 0 bridgehead atoms. The quantitative estimate of drug-likeness (QED) is 0.0946. The summed E-state index contributed by atoms with van der Waals surface area (Å²) in [7, 11) is 0. The van der Waals surface area contributed by atoms with Gasteiger partial charge >= 0.3 is 5.97 Å². The van der Waals surface area contributed by atoms with Crippen molar-refractivity contribution < 1.29 is 9.53 Å². The van der Waals surface area contributed by atoms with Crippen LogP contribution in [0, 0.1) is 0 Å². The van der Waals surface area contributed by atoms with Gasteiger partial charge in [0.05, 0.1) is 0 Å². The summed E-state index contributed by atoms with van der Waals surface area (Å²) in [5, 5.41) is 6.56. The molecule has 0 spiro atoms. The highest BCUT2D eigenvalue weighted by atomic mass is 16.5. The molecule has 4 nitrogen and oxygen atoms in total. The van der Waals surface area contributed by atoms with Gasteiger partial charge in [-0.2, -0.15) is 0 Å². The number of rotatable bonds is 23. The molecule has 0 amide bonds. The summed E-state index contributed by atoms with van der Waals surface area (Å²) < 4.78 is 4.88. The predicted molar refractivity (Wildman–Crippen MR) is 122 cm³/mol. The normalized spacial score (nSPS) is 10.9. The molecular formula is C24H48N2O2. The first-order valence-electron chi connectivity index (χ1n) is 12.0. The topological polar surface area (TPSA) is 50.4 Å². The highest BCUT2D eigenvalue weighted by Gasteiger charge is 1.96. The van der Waals surface area contributed by atoms with Gasteiger partial charge < -0.3 is 15.4 Å². The molecule has 0 atom stereocenters. The highest BCUT2D eigenvalue weighted by molar-refractivity contribution is 5.81. The van der Waals surface area contributed by atoms with Crippen LogP contribution in [-0.4, -0.2) is 32.3 Å². The molecule has 0 saturated carbocycles. The molecule has 0 unspecified atom stereocenters. The third-order valence-electron chi connectivity index (χ3n) is 5.15. The monoisotopic (exact) mass is 396 g/mol. The van der Waals surface area contributed by atoms with Gasteiger partial charge in [-0.1, -0.05) is 110 Å². The number of hydrogen-bond acceptors (Lipinski definition) is 4. The fraction of sp³-hybridized carbons (Fsp3) is 0.875. The van der Waals surface area contributed by atoms with Crippen LogP contribution in [0.2, 0.25) is 0 Å². The van der Waals surface area contributed by atoms with Gasteiger partial charge in [-0.25, -0.2) is 4.79 Å². The Kier molecular flexibility index (Phi) is 23.4. The van der Waals surface area contributed by atoms with Crippen molar-refractivity contribution in [3.05, 3.63) is 12.7 Å². The van der Waals surface area contributed by atoms with Crippen LogP contribution in [0.4, 0.5) is 0 Å². The van der Waals surface area contributed by atoms with E-state index in [1.807, 2.05) is 0 Å². The first kappa shape index (κ1) is 27.1. The summed E-state index contributed by atoms with van der Waals surface area (Å²) in [6, 6.07) is 0. The van der Waals surface area contributed by atoms with E-state index in [-0.39, 0.29) is 5.97 Å². The number of carbonyl (C=O) groups is 1. The zero-order valence-corrected chi connectivity index (χ0v) is 18.7. The molecule has 0 heterocycles. The maximum atomic E-state index is 10.8. The lowest BCUT2D eigenvalue weighted by atomic mass is 10.0. The minimum Gasteiger partial charge on any atom is -0.461 e. The maximum Gasteiger partial charge on any atom is 0.330 e. The molecule has 0 rings (SSSR count). The lowest BCUT2D eigenvalue weighted by molar-refractivity contribution is -0.137. The van der Waals surface area contributed by atoms with Crippen LogP contribution in [0.5, 0.6) is 0 Å². The predicted octanol–water partition coefficient (Wildman–Crippen LogP) is 6.11. The van der Waals surface area contributed by atoms with Crippen molar-refractivity contribution >= 4 is 5.97 Å². The van der Waals surface area contributed by atoms with Crippen molar-refractivity contribution in [3.63, 3.8) is 0 Å². The van der Waals surface area contributed by atoms with E-state index >= 15 is 0 Å². The van der Waals surface area contributed by atoms with Gasteiger partial charge in [-0.05, 0) is 13.0 Å². The van der Waals surface area contributed by atoms with E-state index in [0.29, 0.717) is 13.2 Å². The van der Waals surface area contributed by atoms with Crippen molar-refractivity contribution in [1.29, 1.82) is 0 Å². The molecule has 28 heavy (non-hydrogen) atoms. The van der Waals surface area contributed by atoms with Gasteiger partial charge in [0.1, 0.15) is 6.61 Å². The summed E-state index contributed by atoms with van der Waals surface area (Å²) in [6.07, 6.45) is 23.7. The minimum atomic E-state index is -0.358. The van der Waals surface area contributed by atoms with Crippen molar-refractivity contribution in [2.24, 2.45) is 0 Å². The Morgan fingerprint density at radius 3 is 1.61 bits per heavy atom. The first-order valence-corrected chi connectivity index (χ1v) is 12.0. The molecule has 0 aromatic rings. The summed E-state index contributed by atoms with van der Waals surface area (Å²) in [4.78, 5) is 10.8. The Balaban J connectivity index is 3.01. The lowest BCUT2D eigenvalue weighted by Gasteiger charge is -2.07. The third kappa shape index (κ3) is 23.2. The first-order chi connectivity index (χ1) is 13.8. The second-order valence-electron chi connectivity index (χ2n) is 7.85.